The Hall–Kier alpha value is 0.290. The van der Waals surface area contributed by atoms with Gasteiger partial charge in [0.25, 0.3) is 5.91 Å². The van der Waals surface area contributed by atoms with E-state index >= 15 is 0 Å². The molecule has 124 valence electrons. The number of halogens is 3. The van der Waals surface area contributed by atoms with Crippen LogP contribution in [0.25, 0.3) is 0 Å². The van der Waals surface area contributed by atoms with Gasteiger partial charge in [-0.1, -0.05) is 34.8 Å². The molecule has 22 heavy (non-hydrogen) atoms. The molecule has 10 heteroatoms. The van der Waals surface area contributed by atoms with Crippen LogP contribution in [0.15, 0.2) is 11.3 Å². The molecule has 0 aromatic carbocycles. The molecule has 0 spiro atoms. The van der Waals surface area contributed by atoms with Gasteiger partial charge in [0.1, 0.15) is 17.7 Å². The third-order valence-electron chi connectivity index (χ3n) is 3.16. The summed E-state index contributed by atoms with van der Waals surface area (Å²) in [4.78, 5) is 26.1. The summed E-state index contributed by atoms with van der Waals surface area (Å²) in [5.74, 6) is -0.0663. The molecule has 2 rings (SSSR count). The summed E-state index contributed by atoms with van der Waals surface area (Å²) in [6.07, 6.45) is 0. The summed E-state index contributed by atoms with van der Waals surface area (Å²) in [5.41, 5.74) is 1.07. The fourth-order valence-corrected chi connectivity index (χ4v) is 4.77. The van der Waals surface area contributed by atoms with Crippen molar-refractivity contribution < 1.29 is 14.3 Å². The number of thioether (sulfide) groups is 1. The normalized spacial score (nSPS) is 25.2. The number of ether oxygens (including phenoxy) is 1. The number of fused-ring (bicyclic) bond motifs is 1. The predicted molar refractivity (Wildman–Crippen MR) is 94.1 cm³/mol. The van der Waals surface area contributed by atoms with Gasteiger partial charge >= 0.3 is 5.97 Å². The summed E-state index contributed by atoms with van der Waals surface area (Å²) in [6.45, 7) is 5.60. The SMILES string of the molecule is CC1=C(C(=O)OCC(Cl)(Cl)Cl)N2C(=O)[C@@H](N[PH+](C)C)[C@@H]2SC1. The van der Waals surface area contributed by atoms with E-state index in [9.17, 15) is 9.59 Å². The number of β-lactam (4-membered cyclic amide) rings is 1. The number of carbonyl (C=O) groups is 2. The molecule has 0 aliphatic carbocycles. The second kappa shape index (κ2) is 7.04. The molecule has 0 radical (unpaired) electrons. The van der Waals surface area contributed by atoms with Gasteiger partial charge in [0.2, 0.25) is 3.79 Å². The Morgan fingerprint density at radius 3 is 2.68 bits per heavy atom. The Labute approximate surface area is 149 Å². The molecule has 0 saturated carbocycles. The topological polar surface area (TPSA) is 58.6 Å². The summed E-state index contributed by atoms with van der Waals surface area (Å²) in [7, 11) is -0.752. The standard InChI is InChI=1S/C12H16Cl3N2O3PS/c1-6-4-22-10-7(16-21(2)3)9(18)17(10)8(6)11(19)20-5-12(13,14)15/h7,10,16H,4-5H2,1-3H3/p+1/t7-,10+/m1/s1. The number of alkyl halides is 3. The van der Waals surface area contributed by atoms with Crippen LogP contribution in [0.5, 0.6) is 0 Å². The van der Waals surface area contributed by atoms with Gasteiger partial charge in [-0.25, -0.2) is 4.79 Å². The number of hydrogen-bond donors (Lipinski definition) is 1. The summed E-state index contributed by atoms with van der Waals surface area (Å²) >= 11 is 18.4. The highest BCUT2D eigenvalue weighted by Gasteiger charge is 2.54. The minimum Gasteiger partial charge on any atom is -0.456 e. The van der Waals surface area contributed by atoms with Gasteiger partial charge in [-0.05, 0) is 12.5 Å². The number of nitrogens with zero attached hydrogens (tertiary/aromatic N) is 1. The van der Waals surface area contributed by atoms with Crippen LogP contribution in [0.2, 0.25) is 0 Å². The monoisotopic (exact) mass is 405 g/mol. The highest BCUT2D eigenvalue weighted by Crippen LogP contribution is 2.42. The quantitative estimate of drug-likeness (QED) is 0.336. The van der Waals surface area contributed by atoms with Gasteiger partial charge in [-0.2, -0.15) is 5.09 Å². The van der Waals surface area contributed by atoms with Crippen LogP contribution in [0.1, 0.15) is 6.92 Å². The molecule has 1 saturated heterocycles. The number of esters is 1. The Kier molecular flexibility index (Phi) is 5.96. The lowest BCUT2D eigenvalue weighted by molar-refractivity contribution is -0.151. The number of nitrogens with one attached hydrogen (secondary N) is 1. The smallest absolute Gasteiger partial charge is 0.355 e. The van der Waals surface area contributed by atoms with Gasteiger partial charge in [0, 0.05) is 5.75 Å². The number of carbonyl (C=O) groups excluding carboxylic acids is 2. The zero-order valence-corrected chi connectivity index (χ0v) is 16.4. The van der Waals surface area contributed by atoms with Crippen LogP contribution >= 0.6 is 54.6 Å². The van der Waals surface area contributed by atoms with E-state index in [1.165, 1.54) is 4.90 Å². The van der Waals surface area contributed by atoms with E-state index in [-0.39, 0.29) is 29.6 Å². The van der Waals surface area contributed by atoms with Crippen molar-refractivity contribution >= 4 is 66.5 Å². The van der Waals surface area contributed by atoms with Crippen LogP contribution in [0.4, 0.5) is 0 Å². The van der Waals surface area contributed by atoms with Crippen LogP contribution < -0.4 is 5.09 Å². The Balaban J connectivity index is 2.11. The van der Waals surface area contributed by atoms with E-state index in [1.54, 1.807) is 18.7 Å². The van der Waals surface area contributed by atoms with E-state index in [2.05, 4.69) is 18.4 Å². The number of amides is 1. The molecule has 0 unspecified atom stereocenters. The Morgan fingerprint density at radius 2 is 2.14 bits per heavy atom. The minimum absolute atomic E-state index is 0.0774. The average Bonchev–Trinajstić information content (AvgIpc) is 2.41. The molecule has 0 bridgehead atoms. The van der Waals surface area contributed by atoms with Crippen molar-refractivity contribution in [3.8, 4) is 0 Å². The molecule has 2 aliphatic heterocycles. The van der Waals surface area contributed by atoms with Crippen molar-refractivity contribution in [3.05, 3.63) is 11.3 Å². The van der Waals surface area contributed by atoms with Crippen LogP contribution in [-0.2, 0) is 14.3 Å². The first-order chi connectivity index (χ1) is 10.1. The van der Waals surface area contributed by atoms with E-state index in [4.69, 9.17) is 39.5 Å². The molecule has 0 aromatic heterocycles. The van der Waals surface area contributed by atoms with Crippen molar-refractivity contribution in [1.82, 2.24) is 9.99 Å². The predicted octanol–water partition coefficient (Wildman–Crippen LogP) is 2.44. The van der Waals surface area contributed by atoms with Crippen molar-refractivity contribution in [2.45, 2.75) is 22.1 Å². The second-order valence-electron chi connectivity index (χ2n) is 5.35. The van der Waals surface area contributed by atoms with E-state index in [0.717, 1.165) is 5.57 Å². The maximum atomic E-state index is 12.3. The second-order valence-corrected chi connectivity index (χ2v) is 11.3. The third-order valence-corrected chi connectivity index (χ3v) is 5.80. The summed E-state index contributed by atoms with van der Waals surface area (Å²) in [6, 6.07) is -0.238. The summed E-state index contributed by atoms with van der Waals surface area (Å²) < 4.78 is 3.35. The molecule has 2 atom stereocenters. The molecule has 2 aliphatic rings. The molecule has 1 amide bonds. The number of rotatable bonds is 4. The van der Waals surface area contributed by atoms with Crippen molar-refractivity contribution in [3.63, 3.8) is 0 Å². The van der Waals surface area contributed by atoms with Crippen molar-refractivity contribution in [1.29, 1.82) is 0 Å². The van der Waals surface area contributed by atoms with Gasteiger partial charge in [0.05, 0.1) is 21.4 Å². The van der Waals surface area contributed by atoms with Gasteiger partial charge in [0.15, 0.2) is 6.04 Å². The third kappa shape index (κ3) is 4.03. The van der Waals surface area contributed by atoms with E-state index in [1.807, 2.05) is 0 Å². The fourth-order valence-electron chi connectivity index (χ4n) is 2.29. The Morgan fingerprint density at radius 1 is 1.50 bits per heavy atom. The van der Waals surface area contributed by atoms with Crippen molar-refractivity contribution in [2.24, 2.45) is 0 Å². The molecular formula is C12H17Cl3N2O3PS+. The highest BCUT2D eigenvalue weighted by atomic mass is 35.6. The van der Waals surface area contributed by atoms with Crippen LogP contribution in [0, 0.1) is 0 Å². The van der Waals surface area contributed by atoms with Gasteiger partial charge in [-0.15, -0.1) is 11.8 Å². The highest BCUT2D eigenvalue weighted by molar-refractivity contribution is 8.00. The maximum absolute atomic E-state index is 12.3. The lowest BCUT2D eigenvalue weighted by atomic mass is 10.0. The lowest BCUT2D eigenvalue weighted by Gasteiger charge is -2.49. The van der Waals surface area contributed by atoms with Gasteiger partial charge in [-0.3, -0.25) is 9.69 Å². The number of hydrogen-bond acceptors (Lipinski definition) is 5. The zero-order valence-electron chi connectivity index (χ0n) is 12.3. The summed E-state index contributed by atoms with van der Waals surface area (Å²) in [5, 5.41) is 3.23. The molecule has 1 fully saturated rings. The molecule has 1 N–H and O–H groups in total. The first kappa shape index (κ1) is 18.6. The molecule has 2 heterocycles. The maximum Gasteiger partial charge on any atom is 0.355 e. The average molecular weight is 407 g/mol. The van der Waals surface area contributed by atoms with Gasteiger partial charge < -0.3 is 4.74 Å². The van der Waals surface area contributed by atoms with E-state index < -0.39 is 17.8 Å². The van der Waals surface area contributed by atoms with Crippen LogP contribution in [0.3, 0.4) is 0 Å². The largest absolute Gasteiger partial charge is 0.456 e. The molecule has 0 aromatic rings. The molecular weight excluding hydrogens is 390 g/mol. The lowest BCUT2D eigenvalue weighted by Crippen LogP contribution is -2.68. The first-order valence-corrected chi connectivity index (χ1v) is 11.2. The van der Waals surface area contributed by atoms with Crippen molar-refractivity contribution in [2.75, 3.05) is 25.7 Å². The zero-order chi connectivity index (χ0) is 16.7. The van der Waals surface area contributed by atoms with E-state index in [0.29, 0.717) is 5.75 Å². The minimum atomic E-state index is -1.67. The fraction of sp³-hybridized carbons (Fsp3) is 0.667. The van der Waals surface area contributed by atoms with Crippen LogP contribution in [-0.4, -0.2) is 57.7 Å². The molecule has 5 nitrogen and oxygen atoms in total. The first-order valence-electron chi connectivity index (χ1n) is 6.57. The Bertz CT molecular complexity index is 524.